The van der Waals surface area contributed by atoms with Gasteiger partial charge in [-0.15, -0.1) is 11.6 Å². The third kappa shape index (κ3) is 2.67. The first-order valence-electron chi connectivity index (χ1n) is 3.81. The summed E-state index contributed by atoms with van der Waals surface area (Å²) in [6.07, 6.45) is 0.795. The number of rotatable bonds is 3. The van der Waals surface area contributed by atoms with E-state index in [0.29, 0.717) is 5.88 Å². The Labute approximate surface area is 82.5 Å². The van der Waals surface area contributed by atoms with Gasteiger partial charge in [0.1, 0.15) is 0 Å². The molecule has 0 amide bonds. The molecule has 0 fully saturated rings. The highest BCUT2D eigenvalue weighted by Crippen LogP contribution is 2.17. The predicted octanol–water partition coefficient (Wildman–Crippen LogP) is 2.97. The number of hydrogen-bond donors (Lipinski definition) is 1. The van der Waals surface area contributed by atoms with Gasteiger partial charge in [-0.25, -0.2) is 0 Å². The first-order chi connectivity index (χ1) is 5.74. The van der Waals surface area contributed by atoms with Crippen molar-refractivity contribution in [2.45, 2.75) is 12.5 Å². The molecule has 66 valence electrons. The molecule has 0 saturated carbocycles. The molecule has 12 heavy (non-hydrogen) atoms. The van der Waals surface area contributed by atoms with Gasteiger partial charge in [0.25, 0.3) is 0 Å². The maximum absolute atomic E-state index is 5.83. The van der Waals surface area contributed by atoms with Crippen LogP contribution >= 0.6 is 23.2 Å². The number of hydrogen-bond acceptors (Lipinski definition) is 1. The highest BCUT2D eigenvalue weighted by Gasteiger charge is 2.03. The van der Waals surface area contributed by atoms with Crippen molar-refractivity contribution in [1.82, 2.24) is 0 Å². The maximum atomic E-state index is 5.83. The average Bonchev–Trinajstić information content (AvgIpc) is 2.06. The lowest BCUT2D eigenvalue weighted by Gasteiger charge is -2.09. The molecule has 0 saturated heterocycles. The van der Waals surface area contributed by atoms with Gasteiger partial charge in [-0.2, -0.15) is 0 Å². The lowest BCUT2D eigenvalue weighted by molar-refractivity contribution is 0.703. The van der Waals surface area contributed by atoms with Gasteiger partial charge in [-0.05, 0) is 24.1 Å². The van der Waals surface area contributed by atoms with Crippen LogP contribution in [0.4, 0.5) is 0 Å². The number of nitrogens with two attached hydrogens (primary N) is 1. The molecule has 0 spiro atoms. The van der Waals surface area contributed by atoms with Crippen molar-refractivity contribution in [3.05, 3.63) is 34.9 Å². The van der Waals surface area contributed by atoms with Crippen LogP contribution in [-0.2, 0) is 0 Å². The zero-order chi connectivity index (χ0) is 8.97. The Hall–Kier alpha value is -0.240. The molecule has 0 aliphatic carbocycles. The van der Waals surface area contributed by atoms with E-state index in [1.165, 1.54) is 0 Å². The van der Waals surface area contributed by atoms with Gasteiger partial charge < -0.3 is 5.73 Å². The topological polar surface area (TPSA) is 26.0 Å². The predicted molar refractivity (Wildman–Crippen MR) is 53.7 cm³/mol. The van der Waals surface area contributed by atoms with Crippen LogP contribution in [0.5, 0.6) is 0 Å². The number of alkyl halides is 1. The molecule has 0 heterocycles. The summed E-state index contributed by atoms with van der Waals surface area (Å²) in [5, 5.41) is 0.733. The molecule has 0 aliphatic heterocycles. The molecule has 1 nitrogen and oxygen atoms in total. The second-order valence-electron chi connectivity index (χ2n) is 2.64. The van der Waals surface area contributed by atoms with E-state index in [1.54, 1.807) is 0 Å². The van der Waals surface area contributed by atoms with Crippen molar-refractivity contribution >= 4 is 23.2 Å². The third-order valence-corrected chi connectivity index (χ3v) is 2.19. The smallest absolute Gasteiger partial charge is 0.0406 e. The van der Waals surface area contributed by atoms with Crippen molar-refractivity contribution in [2.75, 3.05) is 5.88 Å². The van der Waals surface area contributed by atoms with Gasteiger partial charge >= 0.3 is 0 Å². The van der Waals surface area contributed by atoms with Crippen molar-refractivity contribution < 1.29 is 0 Å². The highest BCUT2D eigenvalue weighted by atomic mass is 35.5. The molecule has 1 aromatic rings. The van der Waals surface area contributed by atoms with E-state index in [9.17, 15) is 0 Å². The summed E-state index contributed by atoms with van der Waals surface area (Å²) in [5.74, 6) is 0.587. The van der Waals surface area contributed by atoms with Crippen molar-refractivity contribution in [1.29, 1.82) is 0 Å². The molecule has 0 unspecified atom stereocenters. The molecule has 1 aromatic carbocycles. The van der Waals surface area contributed by atoms with Crippen molar-refractivity contribution in [3.8, 4) is 0 Å². The summed E-state index contributed by atoms with van der Waals surface area (Å²) in [4.78, 5) is 0. The zero-order valence-corrected chi connectivity index (χ0v) is 8.15. The molecule has 2 N–H and O–H groups in total. The monoisotopic (exact) mass is 203 g/mol. The fourth-order valence-corrected chi connectivity index (χ4v) is 1.36. The fourth-order valence-electron chi connectivity index (χ4n) is 0.994. The highest BCUT2D eigenvalue weighted by molar-refractivity contribution is 6.30. The number of benzene rings is 1. The second kappa shape index (κ2) is 4.70. The first kappa shape index (κ1) is 9.85. The van der Waals surface area contributed by atoms with E-state index < -0.39 is 0 Å². The summed E-state index contributed by atoms with van der Waals surface area (Å²) in [7, 11) is 0. The molecule has 3 heteroatoms. The Morgan fingerprint density at radius 1 is 1.25 bits per heavy atom. The molecule has 1 rings (SSSR count). The SMILES string of the molecule is N[C@@H](CCCl)c1ccc(Cl)cc1. The average molecular weight is 204 g/mol. The fraction of sp³-hybridized carbons (Fsp3) is 0.333. The Morgan fingerprint density at radius 3 is 2.33 bits per heavy atom. The Bertz CT molecular complexity index is 233. The van der Waals surface area contributed by atoms with Crippen molar-refractivity contribution in [3.63, 3.8) is 0 Å². The summed E-state index contributed by atoms with van der Waals surface area (Å²) in [5.41, 5.74) is 6.91. The summed E-state index contributed by atoms with van der Waals surface area (Å²) < 4.78 is 0. The van der Waals surface area contributed by atoms with Crippen LogP contribution in [-0.4, -0.2) is 5.88 Å². The van der Waals surface area contributed by atoms with Crippen LogP contribution in [0.1, 0.15) is 18.0 Å². The van der Waals surface area contributed by atoms with E-state index in [1.807, 2.05) is 24.3 Å². The molecule has 0 bridgehead atoms. The van der Waals surface area contributed by atoms with E-state index in [0.717, 1.165) is 17.0 Å². The van der Waals surface area contributed by atoms with Gasteiger partial charge in [0, 0.05) is 16.9 Å². The van der Waals surface area contributed by atoms with E-state index >= 15 is 0 Å². The van der Waals surface area contributed by atoms with E-state index in [-0.39, 0.29) is 6.04 Å². The third-order valence-electron chi connectivity index (χ3n) is 1.72. The largest absolute Gasteiger partial charge is 0.324 e. The van der Waals surface area contributed by atoms with Crippen molar-refractivity contribution in [2.24, 2.45) is 5.73 Å². The Balaban J connectivity index is 2.68. The minimum atomic E-state index is 0.0276. The summed E-state index contributed by atoms with van der Waals surface area (Å²) in [6.45, 7) is 0. The van der Waals surface area contributed by atoms with Gasteiger partial charge in [0.05, 0.1) is 0 Å². The standard InChI is InChI=1S/C9H11Cl2N/c10-6-5-9(12)7-1-3-8(11)4-2-7/h1-4,9H,5-6,12H2/t9-/m0/s1. The first-order valence-corrected chi connectivity index (χ1v) is 4.72. The second-order valence-corrected chi connectivity index (χ2v) is 3.45. The van der Waals surface area contributed by atoms with E-state index in [4.69, 9.17) is 28.9 Å². The van der Waals surface area contributed by atoms with Crippen LogP contribution in [0.25, 0.3) is 0 Å². The van der Waals surface area contributed by atoms with Crippen LogP contribution in [0.2, 0.25) is 5.02 Å². The van der Waals surface area contributed by atoms with Gasteiger partial charge in [0.15, 0.2) is 0 Å². The minimum Gasteiger partial charge on any atom is -0.324 e. The molecular weight excluding hydrogens is 193 g/mol. The molecule has 0 aliphatic rings. The molecular formula is C9H11Cl2N. The van der Waals surface area contributed by atoms with Crippen LogP contribution < -0.4 is 5.73 Å². The van der Waals surface area contributed by atoms with Gasteiger partial charge in [-0.3, -0.25) is 0 Å². The quantitative estimate of drug-likeness (QED) is 0.752. The van der Waals surface area contributed by atoms with Crippen LogP contribution in [0.15, 0.2) is 24.3 Å². The molecule has 0 radical (unpaired) electrons. The van der Waals surface area contributed by atoms with Crippen LogP contribution in [0.3, 0.4) is 0 Å². The normalized spacial score (nSPS) is 12.9. The van der Waals surface area contributed by atoms with Gasteiger partial charge in [-0.1, -0.05) is 23.7 Å². The van der Waals surface area contributed by atoms with Crippen LogP contribution in [0, 0.1) is 0 Å². The Morgan fingerprint density at radius 2 is 1.83 bits per heavy atom. The lowest BCUT2D eigenvalue weighted by atomic mass is 10.1. The molecule has 0 aromatic heterocycles. The van der Waals surface area contributed by atoms with Gasteiger partial charge in [0.2, 0.25) is 0 Å². The number of halogens is 2. The summed E-state index contributed by atoms with van der Waals surface area (Å²) in [6, 6.07) is 7.56. The zero-order valence-electron chi connectivity index (χ0n) is 6.63. The minimum absolute atomic E-state index is 0.0276. The van der Waals surface area contributed by atoms with E-state index in [2.05, 4.69) is 0 Å². The lowest BCUT2D eigenvalue weighted by Crippen LogP contribution is -2.10. The summed E-state index contributed by atoms with van der Waals surface area (Å²) >= 11 is 11.3. The molecule has 1 atom stereocenters. The Kier molecular flexibility index (Phi) is 3.86. The maximum Gasteiger partial charge on any atom is 0.0406 e.